The first-order valence-corrected chi connectivity index (χ1v) is 10.8. The third-order valence-corrected chi connectivity index (χ3v) is 6.28. The fourth-order valence-corrected chi connectivity index (χ4v) is 4.81. The molecular weight excluding hydrogens is 388 g/mol. The van der Waals surface area contributed by atoms with Crippen LogP contribution in [0.3, 0.4) is 0 Å². The highest BCUT2D eigenvalue weighted by Gasteiger charge is 2.33. The summed E-state index contributed by atoms with van der Waals surface area (Å²) in [5.74, 6) is 0.752. The van der Waals surface area contributed by atoms with Crippen LogP contribution in [-0.4, -0.2) is 25.1 Å². The number of benzene rings is 1. The van der Waals surface area contributed by atoms with Crippen LogP contribution in [0.25, 0.3) is 11.5 Å². The predicted molar refractivity (Wildman–Crippen MR) is 110 cm³/mol. The van der Waals surface area contributed by atoms with E-state index in [-0.39, 0.29) is 18.2 Å². The molecule has 0 amide bonds. The van der Waals surface area contributed by atoms with Gasteiger partial charge in [0.2, 0.25) is 0 Å². The number of anilines is 1. The zero-order valence-corrected chi connectivity index (χ0v) is 17.0. The van der Waals surface area contributed by atoms with Crippen molar-refractivity contribution < 1.29 is 8.78 Å². The van der Waals surface area contributed by atoms with Crippen molar-refractivity contribution in [3.8, 4) is 11.5 Å². The van der Waals surface area contributed by atoms with Crippen molar-refractivity contribution >= 4 is 5.82 Å². The summed E-state index contributed by atoms with van der Waals surface area (Å²) in [7, 11) is 0. The zero-order chi connectivity index (χ0) is 20.8. The molecule has 1 aliphatic carbocycles. The van der Waals surface area contributed by atoms with Crippen molar-refractivity contribution in [3.05, 3.63) is 51.7 Å². The molecule has 1 aromatic carbocycles. The first-order chi connectivity index (χ1) is 14.6. The molecule has 1 atom stereocenters. The van der Waals surface area contributed by atoms with Gasteiger partial charge in [0.15, 0.2) is 17.5 Å². The second-order valence-corrected chi connectivity index (χ2v) is 8.39. The highest BCUT2D eigenvalue weighted by molar-refractivity contribution is 5.70. The van der Waals surface area contributed by atoms with Gasteiger partial charge in [0.05, 0.1) is 0 Å². The summed E-state index contributed by atoms with van der Waals surface area (Å²) < 4.78 is 31.1. The Morgan fingerprint density at radius 3 is 2.77 bits per heavy atom. The molecule has 158 valence electrons. The highest BCUT2D eigenvalue weighted by atomic mass is 19.2. The van der Waals surface area contributed by atoms with Gasteiger partial charge >= 0.3 is 5.69 Å². The Morgan fingerprint density at radius 2 is 2.00 bits per heavy atom. The number of rotatable bonds is 5. The standard InChI is InChI=1S/C22H25F2N5O/c1-2-10-28-21-18(26-19(27-21)13-6-3-4-7-13)20-25-15(12-29(20)22(28)30)11-14-8-5-9-16(23)17(14)24/h5,8-9,13,15,25H,2-4,6-7,10-12H2,1H3. The lowest BCUT2D eigenvalue weighted by Gasteiger charge is -2.13. The molecule has 0 radical (unpaired) electrons. The van der Waals surface area contributed by atoms with Crippen molar-refractivity contribution in [2.45, 2.75) is 70.5 Å². The van der Waals surface area contributed by atoms with E-state index < -0.39 is 11.6 Å². The number of nitrogens with one attached hydrogen (secondary N) is 1. The number of fused-ring (bicyclic) bond motifs is 3. The molecule has 30 heavy (non-hydrogen) atoms. The van der Waals surface area contributed by atoms with Crippen LogP contribution < -0.4 is 11.0 Å². The van der Waals surface area contributed by atoms with E-state index in [1.54, 1.807) is 15.2 Å². The Hall–Kier alpha value is -2.77. The Morgan fingerprint density at radius 1 is 1.20 bits per heavy atom. The van der Waals surface area contributed by atoms with Crippen LogP contribution in [0.15, 0.2) is 23.0 Å². The molecule has 0 spiro atoms. The van der Waals surface area contributed by atoms with Gasteiger partial charge < -0.3 is 5.32 Å². The van der Waals surface area contributed by atoms with Gasteiger partial charge in [0.25, 0.3) is 0 Å². The van der Waals surface area contributed by atoms with Crippen LogP contribution >= 0.6 is 0 Å². The second-order valence-electron chi connectivity index (χ2n) is 8.39. The van der Waals surface area contributed by atoms with E-state index in [2.05, 4.69) is 5.32 Å². The molecule has 8 heteroatoms. The molecule has 5 rings (SSSR count). The fraction of sp³-hybridized carbons (Fsp3) is 0.500. The van der Waals surface area contributed by atoms with Crippen LogP contribution in [0, 0.1) is 11.6 Å². The van der Waals surface area contributed by atoms with Crippen molar-refractivity contribution in [2.75, 3.05) is 5.32 Å². The first kappa shape index (κ1) is 19.2. The second kappa shape index (κ2) is 7.49. The minimum Gasteiger partial charge on any atom is -0.365 e. The molecule has 1 saturated carbocycles. The van der Waals surface area contributed by atoms with Gasteiger partial charge in [-0.05, 0) is 37.3 Å². The molecule has 4 aliphatic rings. The van der Waals surface area contributed by atoms with Crippen LogP contribution in [0.2, 0.25) is 0 Å². The van der Waals surface area contributed by atoms with Crippen molar-refractivity contribution in [1.29, 1.82) is 0 Å². The third-order valence-electron chi connectivity index (χ3n) is 6.28. The van der Waals surface area contributed by atoms with E-state index in [1.165, 1.54) is 18.9 Å². The van der Waals surface area contributed by atoms with Crippen LogP contribution in [0.4, 0.5) is 14.6 Å². The van der Waals surface area contributed by atoms with Crippen LogP contribution in [-0.2, 0) is 19.5 Å². The van der Waals surface area contributed by atoms with E-state index in [4.69, 9.17) is 9.97 Å². The average molecular weight is 413 g/mol. The van der Waals surface area contributed by atoms with Gasteiger partial charge in [-0.15, -0.1) is 0 Å². The maximum absolute atomic E-state index is 14.2. The van der Waals surface area contributed by atoms with Crippen LogP contribution in [0.5, 0.6) is 0 Å². The lowest BCUT2D eigenvalue weighted by Crippen LogP contribution is -2.32. The largest absolute Gasteiger partial charge is 0.365 e. The fourth-order valence-electron chi connectivity index (χ4n) is 4.81. The van der Waals surface area contributed by atoms with E-state index in [1.807, 2.05) is 6.92 Å². The Kier molecular flexibility index (Phi) is 4.79. The minimum absolute atomic E-state index is 0.132. The quantitative estimate of drug-likeness (QED) is 0.689. The van der Waals surface area contributed by atoms with Gasteiger partial charge in [0, 0.05) is 25.0 Å². The summed E-state index contributed by atoms with van der Waals surface area (Å²) in [4.78, 5) is 22.8. The smallest absolute Gasteiger partial charge is 0.331 e. The summed E-state index contributed by atoms with van der Waals surface area (Å²) in [6.45, 7) is 2.98. The molecule has 3 heterocycles. The lowest BCUT2D eigenvalue weighted by atomic mass is 10.1. The Labute approximate surface area is 173 Å². The summed E-state index contributed by atoms with van der Waals surface area (Å²) in [6.07, 6.45) is 5.62. The number of halogens is 2. The number of hydrogen-bond acceptors (Lipinski definition) is 4. The zero-order valence-electron chi connectivity index (χ0n) is 17.0. The average Bonchev–Trinajstić information content (AvgIpc) is 3.47. The van der Waals surface area contributed by atoms with Gasteiger partial charge in [-0.3, -0.25) is 9.13 Å². The van der Waals surface area contributed by atoms with Gasteiger partial charge in [-0.2, -0.15) is 0 Å². The molecule has 1 N–H and O–H groups in total. The summed E-state index contributed by atoms with van der Waals surface area (Å²) in [6, 6.07) is 3.98. The number of nitrogens with zero attached hydrogens (tertiary/aromatic N) is 4. The molecule has 1 unspecified atom stereocenters. The first-order valence-electron chi connectivity index (χ1n) is 10.8. The maximum Gasteiger partial charge on any atom is 0.331 e. The molecule has 0 aromatic heterocycles. The minimum atomic E-state index is -0.855. The highest BCUT2D eigenvalue weighted by Crippen LogP contribution is 2.37. The Balaban J connectivity index is 1.54. The molecule has 3 aliphatic heterocycles. The predicted octanol–water partition coefficient (Wildman–Crippen LogP) is 3.93. The number of imidazole rings is 1. The number of aromatic nitrogens is 4. The topological polar surface area (TPSA) is 64.7 Å². The summed E-state index contributed by atoms with van der Waals surface area (Å²) in [5.41, 5.74) is 0.866. The number of hydrogen-bond donors (Lipinski definition) is 1. The Bertz CT molecular complexity index is 1120. The SMILES string of the molecule is CCCn1c2nc(C3CCCC3)nc-2c2n(c1=O)CC(Cc1cccc(F)c1F)N2. The summed E-state index contributed by atoms with van der Waals surface area (Å²) >= 11 is 0. The molecule has 1 aromatic rings. The maximum atomic E-state index is 14.2. The molecule has 6 nitrogen and oxygen atoms in total. The van der Waals surface area contributed by atoms with Gasteiger partial charge in [0.1, 0.15) is 17.3 Å². The summed E-state index contributed by atoms with van der Waals surface area (Å²) in [5, 5.41) is 3.34. The van der Waals surface area contributed by atoms with E-state index in [0.29, 0.717) is 41.9 Å². The van der Waals surface area contributed by atoms with Crippen molar-refractivity contribution in [2.24, 2.45) is 0 Å². The van der Waals surface area contributed by atoms with E-state index in [9.17, 15) is 13.6 Å². The van der Waals surface area contributed by atoms with Gasteiger partial charge in [-0.1, -0.05) is 31.9 Å². The molecular formula is C22H25F2N5O. The van der Waals surface area contributed by atoms with Gasteiger partial charge in [-0.25, -0.2) is 23.5 Å². The lowest BCUT2D eigenvalue weighted by molar-refractivity contribution is 0.491. The van der Waals surface area contributed by atoms with Crippen molar-refractivity contribution in [3.63, 3.8) is 0 Å². The van der Waals surface area contributed by atoms with Crippen LogP contribution in [0.1, 0.15) is 56.3 Å². The normalized spacial score (nSPS) is 18.8. The third kappa shape index (κ3) is 3.09. The molecule has 0 bridgehead atoms. The van der Waals surface area contributed by atoms with E-state index >= 15 is 0 Å². The monoisotopic (exact) mass is 413 g/mol. The molecule has 0 saturated heterocycles. The van der Waals surface area contributed by atoms with Crippen molar-refractivity contribution in [1.82, 2.24) is 19.1 Å². The van der Waals surface area contributed by atoms with E-state index in [0.717, 1.165) is 31.2 Å². The molecule has 1 fully saturated rings.